The number of hydrogen-bond donors (Lipinski definition) is 2. The van der Waals surface area contributed by atoms with Crippen molar-refractivity contribution in [3.63, 3.8) is 0 Å². The number of aromatic hydroxyl groups is 2. The van der Waals surface area contributed by atoms with Crippen molar-refractivity contribution in [3.8, 4) is 11.5 Å². The van der Waals surface area contributed by atoms with Gasteiger partial charge in [0.05, 0.1) is 5.39 Å². The summed E-state index contributed by atoms with van der Waals surface area (Å²) in [6.45, 7) is 0. The van der Waals surface area contributed by atoms with Crippen LogP contribution in [0.5, 0.6) is 11.5 Å². The van der Waals surface area contributed by atoms with Crippen molar-refractivity contribution in [1.29, 1.82) is 0 Å². The van der Waals surface area contributed by atoms with E-state index in [9.17, 15) is 10.2 Å². The molecule has 0 aromatic heterocycles. The van der Waals surface area contributed by atoms with E-state index in [0.717, 1.165) is 5.39 Å². The molecule has 0 saturated heterocycles. The van der Waals surface area contributed by atoms with E-state index in [-0.39, 0.29) is 11.5 Å². The topological polar surface area (TPSA) is 40.5 Å². The van der Waals surface area contributed by atoms with Gasteiger partial charge in [-0.05, 0) is 17.5 Å². The Labute approximate surface area is 69.7 Å². The zero-order valence-electron chi connectivity index (χ0n) is 6.28. The van der Waals surface area contributed by atoms with Crippen LogP contribution in [-0.4, -0.2) is 10.2 Å². The third kappa shape index (κ3) is 0.889. The van der Waals surface area contributed by atoms with E-state index >= 15 is 0 Å². The van der Waals surface area contributed by atoms with Crippen molar-refractivity contribution in [1.82, 2.24) is 0 Å². The maximum atomic E-state index is 9.37. The maximum Gasteiger partial charge on any atom is 0.135 e. The van der Waals surface area contributed by atoms with E-state index in [0.29, 0.717) is 5.39 Å². The van der Waals surface area contributed by atoms with Gasteiger partial charge in [0.1, 0.15) is 11.5 Å². The van der Waals surface area contributed by atoms with Crippen LogP contribution in [0, 0.1) is 6.07 Å². The van der Waals surface area contributed by atoms with Crippen molar-refractivity contribution in [3.05, 3.63) is 36.4 Å². The van der Waals surface area contributed by atoms with Gasteiger partial charge in [-0.3, -0.25) is 0 Å². The van der Waals surface area contributed by atoms with Crippen LogP contribution in [-0.2, 0) is 0 Å². The predicted molar refractivity (Wildman–Crippen MR) is 46.1 cm³/mol. The van der Waals surface area contributed by atoms with Crippen LogP contribution in [0.3, 0.4) is 0 Å². The summed E-state index contributed by atoms with van der Waals surface area (Å²) < 4.78 is 0. The summed E-state index contributed by atoms with van der Waals surface area (Å²) in [5, 5.41) is 20.0. The smallest absolute Gasteiger partial charge is 0.135 e. The van der Waals surface area contributed by atoms with Crippen molar-refractivity contribution in [2.24, 2.45) is 0 Å². The lowest BCUT2D eigenvalue weighted by atomic mass is 10.1. The molecule has 0 aliphatic carbocycles. The van der Waals surface area contributed by atoms with Gasteiger partial charge in [0.15, 0.2) is 0 Å². The van der Waals surface area contributed by atoms with Gasteiger partial charge in [-0.25, -0.2) is 0 Å². The summed E-state index contributed by atoms with van der Waals surface area (Å²) in [6.07, 6.45) is 0. The molecule has 2 aromatic carbocycles. The molecular weight excluding hydrogens is 152 g/mol. The normalized spacial score (nSPS) is 10.3. The molecule has 59 valence electrons. The number of phenols is 2. The molecule has 0 spiro atoms. The van der Waals surface area contributed by atoms with Crippen molar-refractivity contribution in [2.75, 3.05) is 0 Å². The largest absolute Gasteiger partial charge is 0.507 e. The van der Waals surface area contributed by atoms with E-state index in [2.05, 4.69) is 6.07 Å². The zero-order valence-corrected chi connectivity index (χ0v) is 6.28. The second-order valence-corrected chi connectivity index (χ2v) is 2.57. The Morgan fingerprint density at radius 1 is 1.08 bits per heavy atom. The second-order valence-electron chi connectivity index (χ2n) is 2.57. The van der Waals surface area contributed by atoms with Gasteiger partial charge in [0, 0.05) is 6.07 Å². The van der Waals surface area contributed by atoms with Crippen LogP contribution in [0.15, 0.2) is 30.3 Å². The van der Waals surface area contributed by atoms with E-state index in [1.807, 2.05) is 6.07 Å². The van der Waals surface area contributed by atoms with Crippen LogP contribution < -0.4 is 0 Å². The standard InChI is InChI=1S/C10H7O2/c11-8-5-1-3-7-4-2-6-9(12)10(7)8/h1-5,11-12H. The first kappa shape index (κ1) is 6.98. The Kier molecular flexibility index (Phi) is 1.40. The monoisotopic (exact) mass is 159 g/mol. The molecule has 2 nitrogen and oxygen atoms in total. The van der Waals surface area contributed by atoms with E-state index < -0.39 is 0 Å². The summed E-state index contributed by atoms with van der Waals surface area (Å²) in [7, 11) is 0. The number of benzene rings is 2. The van der Waals surface area contributed by atoms with Crippen LogP contribution in [0.2, 0.25) is 0 Å². The quantitative estimate of drug-likeness (QED) is 0.617. The Bertz CT molecular complexity index is 384. The fraction of sp³-hybridized carbons (Fsp3) is 0. The number of fused-ring (bicyclic) bond motifs is 1. The molecule has 0 atom stereocenters. The third-order valence-electron chi connectivity index (χ3n) is 1.79. The van der Waals surface area contributed by atoms with Crippen molar-refractivity contribution < 1.29 is 10.2 Å². The minimum absolute atomic E-state index is 0.00870. The molecule has 0 bridgehead atoms. The van der Waals surface area contributed by atoms with Crippen molar-refractivity contribution >= 4 is 10.8 Å². The lowest BCUT2D eigenvalue weighted by Crippen LogP contribution is -1.74. The maximum absolute atomic E-state index is 9.37. The van der Waals surface area contributed by atoms with Crippen LogP contribution >= 0.6 is 0 Å². The van der Waals surface area contributed by atoms with Gasteiger partial charge in [-0.15, -0.1) is 0 Å². The molecule has 0 aliphatic heterocycles. The summed E-state index contributed by atoms with van der Waals surface area (Å²) >= 11 is 0. The predicted octanol–water partition coefficient (Wildman–Crippen LogP) is 2.05. The third-order valence-corrected chi connectivity index (χ3v) is 1.79. The van der Waals surface area contributed by atoms with Crippen LogP contribution in [0.4, 0.5) is 0 Å². The highest BCUT2D eigenvalue weighted by molar-refractivity contribution is 5.92. The first-order valence-corrected chi connectivity index (χ1v) is 3.60. The SMILES string of the molecule is Oc1[c]ccc2cccc(O)c12. The number of phenolic OH excluding ortho intramolecular Hbond substituents is 2. The summed E-state index contributed by atoms with van der Waals surface area (Å²) in [5.74, 6) is 0.0763. The highest BCUT2D eigenvalue weighted by Gasteiger charge is 2.02. The molecule has 2 rings (SSSR count). The minimum Gasteiger partial charge on any atom is -0.507 e. The van der Waals surface area contributed by atoms with E-state index in [4.69, 9.17) is 0 Å². The summed E-state index contributed by atoms with van der Waals surface area (Å²) in [6, 6.07) is 11.1. The van der Waals surface area contributed by atoms with Gasteiger partial charge < -0.3 is 10.2 Å². The summed E-state index contributed by atoms with van der Waals surface area (Å²) in [4.78, 5) is 0. The molecular formula is C10H7O2. The van der Waals surface area contributed by atoms with Crippen LogP contribution in [0.1, 0.15) is 0 Å². The van der Waals surface area contributed by atoms with Crippen molar-refractivity contribution in [2.45, 2.75) is 0 Å². The number of rotatable bonds is 0. The molecule has 0 heterocycles. The van der Waals surface area contributed by atoms with Crippen LogP contribution in [0.25, 0.3) is 10.8 Å². The molecule has 2 heteroatoms. The molecule has 0 fully saturated rings. The first-order valence-electron chi connectivity index (χ1n) is 3.60. The highest BCUT2D eigenvalue weighted by atomic mass is 16.3. The van der Waals surface area contributed by atoms with E-state index in [1.54, 1.807) is 18.2 Å². The average molecular weight is 159 g/mol. The van der Waals surface area contributed by atoms with Gasteiger partial charge in [-0.1, -0.05) is 18.2 Å². The molecule has 0 aliphatic rings. The minimum atomic E-state index is -0.00870. The molecule has 0 unspecified atom stereocenters. The molecule has 1 radical (unpaired) electrons. The fourth-order valence-electron chi connectivity index (χ4n) is 1.24. The number of hydrogen-bond acceptors (Lipinski definition) is 2. The lowest BCUT2D eigenvalue weighted by Gasteiger charge is -2.01. The first-order chi connectivity index (χ1) is 5.79. The lowest BCUT2D eigenvalue weighted by molar-refractivity contribution is 0.463. The Morgan fingerprint density at radius 3 is 2.67 bits per heavy atom. The average Bonchev–Trinajstić information content (AvgIpc) is 2.04. The molecule has 0 saturated carbocycles. The molecule has 2 aromatic rings. The van der Waals surface area contributed by atoms with Gasteiger partial charge in [-0.2, -0.15) is 0 Å². The van der Waals surface area contributed by atoms with Gasteiger partial charge in [0.25, 0.3) is 0 Å². The molecule has 0 amide bonds. The summed E-state index contributed by atoms with van der Waals surface area (Å²) in [5.41, 5.74) is 0. The fourth-order valence-corrected chi connectivity index (χ4v) is 1.24. The Morgan fingerprint density at radius 2 is 1.92 bits per heavy atom. The Hall–Kier alpha value is -1.70. The highest BCUT2D eigenvalue weighted by Crippen LogP contribution is 2.31. The molecule has 12 heavy (non-hydrogen) atoms. The Balaban J connectivity index is 2.96. The van der Waals surface area contributed by atoms with Gasteiger partial charge >= 0.3 is 0 Å². The molecule has 2 N–H and O–H groups in total. The second kappa shape index (κ2) is 2.41. The van der Waals surface area contributed by atoms with E-state index in [1.165, 1.54) is 6.07 Å². The van der Waals surface area contributed by atoms with Gasteiger partial charge in [0.2, 0.25) is 0 Å². The zero-order chi connectivity index (χ0) is 8.55.